The van der Waals surface area contributed by atoms with E-state index in [0.29, 0.717) is 5.92 Å². The quantitative estimate of drug-likeness (QED) is 0.801. The Bertz CT molecular complexity index is 501. The molecule has 102 valence electrons. The van der Waals surface area contributed by atoms with Crippen molar-refractivity contribution in [2.45, 2.75) is 26.2 Å². The van der Waals surface area contributed by atoms with Crippen LogP contribution in [0.5, 0.6) is 0 Å². The maximum Gasteiger partial charge on any atom is 0.137 e. The topological polar surface area (TPSA) is 63.8 Å². The van der Waals surface area contributed by atoms with E-state index in [4.69, 9.17) is 5.73 Å². The molecule has 2 rings (SSSR count). The fraction of sp³-hybridized carbons (Fsp3) is 0.467. The van der Waals surface area contributed by atoms with E-state index in [1.807, 2.05) is 18.2 Å². The monoisotopic (exact) mass is 258 g/mol. The lowest BCUT2D eigenvalue weighted by atomic mass is 10.00. The average molecular weight is 258 g/mol. The van der Waals surface area contributed by atoms with Crippen LogP contribution in [0.2, 0.25) is 0 Å². The molecule has 0 aliphatic heterocycles. The molecule has 4 heteroatoms. The minimum atomic E-state index is 0.615. The first-order valence-electron chi connectivity index (χ1n) is 6.98. The fourth-order valence-corrected chi connectivity index (χ4v) is 2.38. The van der Waals surface area contributed by atoms with Gasteiger partial charge in [-0.3, -0.25) is 0 Å². The first kappa shape index (κ1) is 13.7. The van der Waals surface area contributed by atoms with E-state index >= 15 is 0 Å². The molecule has 1 aromatic heterocycles. The summed E-state index contributed by atoms with van der Waals surface area (Å²) < 4.78 is 0. The fourth-order valence-electron chi connectivity index (χ4n) is 2.38. The second-order valence-electron chi connectivity index (χ2n) is 4.85. The molecule has 0 spiro atoms. The Labute approximate surface area is 114 Å². The number of nitrogens with two attached hydrogens (primary N) is 1. The van der Waals surface area contributed by atoms with Crippen LogP contribution >= 0.6 is 0 Å². The SMILES string of the molecule is CCCC(CCN)CNc1ncnc2ccccc12. The summed E-state index contributed by atoms with van der Waals surface area (Å²) in [7, 11) is 0. The second-order valence-corrected chi connectivity index (χ2v) is 4.85. The van der Waals surface area contributed by atoms with Gasteiger partial charge < -0.3 is 11.1 Å². The normalized spacial score (nSPS) is 12.5. The molecule has 0 radical (unpaired) electrons. The first-order valence-corrected chi connectivity index (χ1v) is 6.98. The van der Waals surface area contributed by atoms with Crippen LogP contribution in [0.4, 0.5) is 5.82 Å². The van der Waals surface area contributed by atoms with Crippen LogP contribution in [-0.2, 0) is 0 Å². The number of hydrogen-bond donors (Lipinski definition) is 2. The summed E-state index contributed by atoms with van der Waals surface area (Å²) in [4.78, 5) is 8.62. The van der Waals surface area contributed by atoms with Crippen LogP contribution in [0.25, 0.3) is 10.9 Å². The van der Waals surface area contributed by atoms with Gasteiger partial charge in [0.25, 0.3) is 0 Å². The third-order valence-corrected chi connectivity index (χ3v) is 3.37. The highest BCUT2D eigenvalue weighted by Crippen LogP contribution is 2.19. The highest BCUT2D eigenvalue weighted by atomic mass is 15.0. The molecule has 1 heterocycles. The molecule has 0 bridgehead atoms. The Hall–Kier alpha value is -1.68. The summed E-state index contributed by atoms with van der Waals surface area (Å²) in [6.45, 7) is 3.88. The van der Waals surface area contributed by atoms with Gasteiger partial charge in [-0.2, -0.15) is 0 Å². The summed E-state index contributed by atoms with van der Waals surface area (Å²) >= 11 is 0. The van der Waals surface area contributed by atoms with E-state index in [2.05, 4.69) is 28.3 Å². The van der Waals surface area contributed by atoms with Gasteiger partial charge in [-0.15, -0.1) is 0 Å². The van der Waals surface area contributed by atoms with E-state index in [9.17, 15) is 0 Å². The Balaban J connectivity index is 2.08. The van der Waals surface area contributed by atoms with Crippen LogP contribution in [0.1, 0.15) is 26.2 Å². The summed E-state index contributed by atoms with van der Waals surface area (Å²) in [5.74, 6) is 1.53. The zero-order valence-corrected chi connectivity index (χ0v) is 11.5. The van der Waals surface area contributed by atoms with Crippen LogP contribution < -0.4 is 11.1 Å². The molecular formula is C15H22N4. The first-order chi connectivity index (χ1) is 9.35. The van der Waals surface area contributed by atoms with E-state index in [0.717, 1.165) is 36.2 Å². The molecule has 1 aromatic carbocycles. The molecule has 1 unspecified atom stereocenters. The molecule has 4 nitrogen and oxygen atoms in total. The molecule has 19 heavy (non-hydrogen) atoms. The highest BCUT2D eigenvalue weighted by Gasteiger charge is 2.08. The van der Waals surface area contributed by atoms with Crippen molar-refractivity contribution in [1.29, 1.82) is 0 Å². The summed E-state index contributed by atoms with van der Waals surface area (Å²) in [5.41, 5.74) is 6.64. The predicted octanol–water partition coefficient (Wildman–Crippen LogP) is 2.81. The third-order valence-electron chi connectivity index (χ3n) is 3.37. The van der Waals surface area contributed by atoms with Gasteiger partial charge in [-0.25, -0.2) is 9.97 Å². The minimum Gasteiger partial charge on any atom is -0.369 e. The smallest absolute Gasteiger partial charge is 0.137 e. The van der Waals surface area contributed by atoms with Crippen molar-refractivity contribution in [3.8, 4) is 0 Å². The molecule has 0 saturated heterocycles. The van der Waals surface area contributed by atoms with Gasteiger partial charge in [0.05, 0.1) is 5.52 Å². The molecule has 0 saturated carbocycles. The number of aromatic nitrogens is 2. The van der Waals surface area contributed by atoms with Gasteiger partial charge >= 0.3 is 0 Å². The summed E-state index contributed by atoms with van der Waals surface area (Å²) in [6.07, 6.45) is 5.07. The molecule has 0 aliphatic rings. The molecule has 0 aliphatic carbocycles. The molecule has 0 fully saturated rings. The summed E-state index contributed by atoms with van der Waals surface area (Å²) in [6, 6.07) is 8.06. The minimum absolute atomic E-state index is 0.615. The van der Waals surface area contributed by atoms with Crippen molar-refractivity contribution < 1.29 is 0 Å². The van der Waals surface area contributed by atoms with Crippen LogP contribution in [-0.4, -0.2) is 23.1 Å². The largest absolute Gasteiger partial charge is 0.369 e. The zero-order valence-electron chi connectivity index (χ0n) is 11.5. The Morgan fingerprint density at radius 1 is 1.21 bits per heavy atom. The van der Waals surface area contributed by atoms with Crippen molar-refractivity contribution in [1.82, 2.24) is 9.97 Å². The Morgan fingerprint density at radius 2 is 2.05 bits per heavy atom. The van der Waals surface area contributed by atoms with Crippen LogP contribution in [0.3, 0.4) is 0 Å². The van der Waals surface area contributed by atoms with Gasteiger partial charge in [0.2, 0.25) is 0 Å². The predicted molar refractivity (Wildman–Crippen MR) is 80.1 cm³/mol. The van der Waals surface area contributed by atoms with Crippen LogP contribution in [0, 0.1) is 5.92 Å². The number of anilines is 1. The van der Waals surface area contributed by atoms with Crippen molar-refractivity contribution in [2.75, 3.05) is 18.4 Å². The highest BCUT2D eigenvalue weighted by molar-refractivity contribution is 5.88. The second kappa shape index (κ2) is 7.04. The maximum absolute atomic E-state index is 5.67. The van der Waals surface area contributed by atoms with E-state index < -0.39 is 0 Å². The lowest BCUT2D eigenvalue weighted by Gasteiger charge is -2.16. The number of fused-ring (bicyclic) bond motifs is 1. The standard InChI is InChI=1S/C15H22N4/c1-2-5-12(8-9-16)10-17-15-13-6-3-4-7-14(13)18-11-19-15/h3-4,6-7,11-12H,2,5,8-10,16H2,1H3,(H,17,18,19). The molecular weight excluding hydrogens is 236 g/mol. The Morgan fingerprint density at radius 3 is 2.84 bits per heavy atom. The van der Waals surface area contributed by atoms with Crippen LogP contribution in [0.15, 0.2) is 30.6 Å². The zero-order chi connectivity index (χ0) is 13.5. The number of hydrogen-bond acceptors (Lipinski definition) is 4. The van der Waals surface area contributed by atoms with Crippen molar-refractivity contribution in [2.24, 2.45) is 11.7 Å². The molecule has 1 atom stereocenters. The van der Waals surface area contributed by atoms with E-state index in [1.54, 1.807) is 6.33 Å². The number of benzene rings is 1. The third kappa shape index (κ3) is 3.64. The van der Waals surface area contributed by atoms with Crippen molar-refractivity contribution in [3.63, 3.8) is 0 Å². The number of para-hydroxylation sites is 1. The molecule has 2 aromatic rings. The molecule has 0 amide bonds. The maximum atomic E-state index is 5.67. The molecule has 3 N–H and O–H groups in total. The van der Waals surface area contributed by atoms with Gasteiger partial charge in [0.1, 0.15) is 12.1 Å². The average Bonchev–Trinajstić information content (AvgIpc) is 2.45. The Kier molecular flexibility index (Phi) is 5.10. The van der Waals surface area contributed by atoms with E-state index in [-0.39, 0.29) is 0 Å². The lowest BCUT2D eigenvalue weighted by Crippen LogP contribution is -2.18. The van der Waals surface area contributed by atoms with Gasteiger partial charge in [0, 0.05) is 11.9 Å². The van der Waals surface area contributed by atoms with Gasteiger partial charge in [-0.05, 0) is 37.4 Å². The van der Waals surface area contributed by atoms with Gasteiger partial charge in [-0.1, -0.05) is 25.5 Å². The van der Waals surface area contributed by atoms with Gasteiger partial charge in [0.15, 0.2) is 0 Å². The lowest BCUT2D eigenvalue weighted by molar-refractivity contribution is 0.473. The van der Waals surface area contributed by atoms with Crippen molar-refractivity contribution in [3.05, 3.63) is 30.6 Å². The summed E-state index contributed by atoms with van der Waals surface area (Å²) in [5, 5.41) is 4.53. The number of nitrogens with zero attached hydrogens (tertiary/aromatic N) is 2. The van der Waals surface area contributed by atoms with Crippen molar-refractivity contribution >= 4 is 16.7 Å². The number of nitrogens with one attached hydrogen (secondary N) is 1. The number of rotatable bonds is 7. The van der Waals surface area contributed by atoms with E-state index in [1.165, 1.54) is 12.8 Å².